The molecule has 0 aliphatic rings. The molecule has 1 aromatic carbocycles. The fourth-order valence-corrected chi connectivity index (χ4v) is 2.84. The van der Waals surface area contributed by atoms with Crippen molar-refractivity contribution in [2.75, 3.05) is 31.1 Å². The first-order valence-electron chi connectivity index (χ1n) is 8.44. The van der Waals surface area contributed by atoms with Crippen molar-refractivity contribution in [3.8, 4) is 11.3 Å². The fraction of sp³-hybridized carbons (Fsp3) is 0.526. The number of rotatable bonds is 9. The second-order valence-electron chi connectivity index (χ2n) is 7.25. The molecule has 0 unspecified atom stereocenters. The molecule has 0 amide bonds. The van der Waals surface area contributed by atoms with E-state index in [-0.39, 0.29) is 0 Å². The molecule has 0 saturated heterocycles. The summed E-state index contributed by atoms with van der Waals surface area (Å²) in [5.74, 6) is 2.15. The molecule has 2 rings (SSSR count). The van der Waals surface area contributed by atoms with E-state index in [9.17, 15) is 0 Å². The third-order valence-electron chi connectivity index (χ3n) is 3.67. The molecule has 2 aromatic rings. The van der Waals surface area contributed by atoms with Crippen LogP contribution in [0.2, 0.25) is 0 Å². The number of benzene rings is 1. The third kappa shape index (κ3) is 6.30. The van der Waals surface area contributed by atoms with Crippen LogP contribution in [0.25, 0.3) is 11.3 Å². The van der Waals surface area contributed by atoms with E-state index in [1.807, 2.05) is 18.2 Å². The number of hydrogen-bond donors (Lipinski definition) is 1. The summed E-state index contributed by atoms with van der Waals surface area (Å²) in [5, 5.41) is 3.45. The first kappa shape index (κ1) is 19.0. The van der Waals surface area contributed by atoms with Crippen LogP contribution in [-0.4, -0.2) is 46.7 Å². The molecule has 0 saturated carbocycles. The maximum atomic E-state index is 5.91. The third-order valence-corrected chi connectivity index (χ3v) is 5.06. The molecule has 0 aliphatic carbocycles. The normalized spacial score (nSPS) is 12.8. The molecule has 0 fully saturated rings. The van der Waals surface area contributed by atoms with Crippen LogP contribution in [0.3, 0.4) is 0 Å². The van der Waals surface area contributed by atoms with E-state index in [0.29, 0.717) is 12.8 Å². The van der Waals surface area contributed by atoms with Crippen molar-refractivity contribution in [1.82, 2.24) is 14.9 Å². The first-order chi connectivity index (χ1) is 11.3. The van der Waals surface area contributed by atoms with Gasteiger partial charge in [-0.15, -0.1) is 0 Å². The molecule has 0 bridgehead atoms. The van der Waals surface area contributed by atoms with Gasteiger partial charge >= 0.3 is 0 Å². The van der Waals surface area contributed by atoms with E-state index < -0.39 is 10.0 Å². The molecular formula is C19H31N3OS. The SMILES string of the molecule is CC(C)NCc1nc(-c2ccccc2)cn1COCCS(C)(C)C. The molecule has 0 spiro atoms. The van der Waals surface area contributed by atoms with Gasteiger partial charge in [0.25, 0.3) is 0 Å². The van der Waals surface area contributed by atoms with Gasteiger partial charge in [0.15, 0.2) is 0 Å². The predicted octanol–water partition coefficient (Wildman–Crippen LogP) is 3.72. The maximum absolute atomic E-state index is 5.91. The number of aromatic nitrogens is 2. The lowest BCUT2D eigenvalue weighted by atomic mass is 10.2. The summed E-state index contributed by atoms with van der Waals surface area (Å²) in [7, 11) is -0.510. The lowest BCUT2D eigenvalue weighted by Gasteiger charge is -2.24. The van der Waals surface area contributed by atoms with Crippen LogP contribution in [0.15, 0.2) is 36.5 Å². The molecule has 5 heteroatoms. The Bertz CT molecular complexity index is 617. The van der Waals surface area contributed by atoms with Crippen LogP contribution in [0.1, 0.15) is 19.7 Å². The average molecular weight is 350 g/mol. The second kappa shape index (κ2) is 8.70. The van der Waals surface area contributed by atoms with Gasteiger partial charge in [0.05, 0.1) is 18.8 Å². The highest BCUT2D eigenvalue weighted by Crippen LogP contribution is 2.33. The lowest BCUT2D eigenvalue weighted by molar-refractivity contribution is 0.0872. The minimum absolute atomic E-state index is 0.431. The van der Waals surface area contributed by atoms with Crippen LogP contribution in [0.5, 0.6) is 0 Å². The summed E-state index contributed by atoms with van der Waals surface area (Å²) >= 11 is 0. The summed E-state index contributed by atoms with van der Waals surface area (Å²) in [5.41, 5.74) is 2.14. The summed E-state index contributed by atoms with van der Waals surface area (Å²) < 4.78 is 8.03. The Hall–Kier alpha value is -1.30. The predicted molar refractivity (Wildman–Crippen MR) is 106 cm³/mol. The molecule has 1 aromatic heterocycles. The summed E-state index contributed by atoms with van der Waals surface area (Å²) in [4.78, 5) is 4.81. The minimum atomic E-state index is -0.510. The molecule has 134 valence electrons. The van der Waals surface area contributed by atoms with Gasteiger partial charge in [-0.1, -0.05) is 44.2 Å². The summed E-state index contributed by atoms with van der Waals surface area (Å²) in [6, 6.07) is 10.7. The highest BCUT2D eigenvalue weighted by Gasteiger charge is 2.11. The van der Waals surface area contributed by atoms with Crippen LogP contribution in [0, 0.1) is 0 Å². The van der Waals surface area contributed by atoms with Gasteiger partial charge in [-0.05, 0) is 18.8 Å². The Morgan fingerprint density at radius 3 is 2.50 bits per heavy atom. The van der Waals surface area contributed by atoms with Crippen molar-refractivity contribution < 1.29 is 4.74 Å². The Morgan fingerprint density at radius 1 is 1.17 bits per heavy atom. The van der Waals surface area contributed by atoms with E-state index in [1.54, 1.807) is 0 Å². The quantitative estimate of drug-likeness (QED) is 0.701. The van der Waals surface area contributed by atoms with E-state index >= 15 is 0 Å². The Labute approximate surface area is 147 Å². The van der Waals surface area contributed by atoms with Crippen LogP contribution < -0.4 is 5.32 Å². The molecular weight excluding hydrogens is 318 g/mol. The van der Waals surface area contributed by atoms with Gasteiger partial charge in [0.2, 0.25) is 0 Å². The van der Waals surface area contributed by atoms with Gasteiger partial charge in [0.1, 0.15) is 12.6 Å². The van der Waals surface area contributed by atoms with Crippen molar-refractivity contribution in [3.05, 3.63) is 42.4 Å². The van der Waals surface area contributed by atoms with Gasteiger partial charge in [-0.25, -0.2) is 15.0 Å². The monoisotopic (exact) mass is 349 g/mol. The van der Waals surface area contributed by atoms with Gasteiger partial charge in [-0.2, -0.15) is 0 Å². The summed E-state index contributed by atoms with van der Waals surface area (Å²) in [6.07, 6.45) is 9.05. The second-order valence-corrected chi connectivity index (χ2v) is 11.8. The molecule has 0 aliphatic heterocycles. The van der Waals surface area contributed by atoms with Crippen LogP contribution in [0.4, 0.5) is 0 Å². The molecule has 1 N–H and O–H groups in total. The summed E-state index contributed by atoms with van der Waals surface area (Å²) in [6.45, 7) is 6.40. The van der Waals surface area contributed by atoms with Crippen molar-refractivity contribution in [2.45, 2.75) is 33.2 Å². The molecule has 24 heavy (non-hydrogen) atoms. The average Bonchev–Trinajstić information content (AvgIpc) is 2.93. The minimum Gasteiger partial charge on any atom is -0.360 e. The Balaban J connectivity index is 2.07. The topological polar surface area (TPSA) is 39.1 Å². The van der Waals surface area contributed by atoms with Crippen LogP contribution >= 0.6 is 10.0 Å². The Kier molecular flexibility index (Phi) is 6.90. The number of nitrogens with one attached hydrogen (secondary N) is 1. The number of ether oxygens (including phenoxy) is 1. The van der Waals surface area contributed by atoms with Crippen LogP contribution in [-0.2, 0) is 18.0 Å². The number of imidazole rings is 1. The van der Waals surface area contributed by atoms with Crippen molar-refractivity contribution in [2.24, 2.45) is 0 Å². The number of nitrogens with zero attached hydrogens (tertiary/aromatic N) is 2. The lowest BCUT2D eigenvalue weighted by Crippen LogP contribution is -2.24. The molecule has 4 nitrogen and oxygen atoms in total. The van der Waals surface area contributed by atoms with E-state index in [4.69, 9.17) is 9.72 Å². The standard InChI is InChI=1S/C19H31N3OS/c1-16(2)20-13-19-21-18(17-9-7-6-8-10-17)14-22(19)15-23-11-12-24(3,4)5/h6-10,14,16,20H,11-13,15H2,1-5H3. The van der Waals surface area contributed by atoms with E-state index in [0.717, 1.165) is 36.0 Å². The van der Waals surface area contributed by atoms with E-state index in [2.05, 4.69) is 60.8 Å². The first-order valence-corrected chi connectivity index (χ1v) is 11.5. The highest BCUT2D eigenvalue weighted by atomic mass is 32.3. The zero-order valence-electron chi connectivity index (χ0n) is 15.6. The van der Waals surface area contributed by atoms with Gasteiger partial charge < -0.3 is 14.6 Å². The largest absolute Gasteiger partial charge is 0.360 e. The zero-order chi connectivity index (χ0) is 17.6. The smallest absolute Gasteiger partial charge is 0.125 e. The van der Waals surface area contributed by atoms with E-state index in [1.165, 1.54) is 0 Å². The molecule has 0 atom stereocenters. The molecule has 0 radical (unpaired) electrons. The number of hydrogen-bond acceptors (Lipinski definition) is 3. The highest BCUT2D eigenvalue weighted by molar-refractivity contribution is 8.32. The van der Waals surface area contributed by atoms with Crippen molar-refractivity contribution in [1.29, 1.82) is 0 Å². The van der Waals surface area contributed by atoms with Crippen molar-refractivity contribution in [3.63, 3.8) is 0 Å². The van der Waals surface area contributed by atoms with Crippen molar-refractivity contribution >= 4 is 10.0 Å². The zero-order valence-corrected chi connectivity index (χ0v) is 16.4. The Morgan fingerprint density at radius 2 is 1.88 bits per heavy atom. The van der Waals surface area contributed by atoms with Gasteiger partial charge in [-0.3, -0.25) is 0 Å². The maximum Gasteiger partial charge on any atom is 0.125 e. The molecule has 1 heterocycles. The fourth-order valence-electron chi connectivity index (χ4n) is 2.22. The van der Waals surface area contributed by atoms with Gasteiger partial charge in [0, 0.05) is 23.6 Å².